The lowest BCUT2D eigenvalue weighted by molar-refractivity contribution is 0.0949. The van der Waals surface area contributed by atoms with Gasteiger partial charge in [-0.25, -0.2) is 13.1 Å². The van der Waals surface area contributed by atoms with Gasteiger partial charge in [-0.2, -0.15) is 0 Å². The fourth-order valence-corrected chi connectivity index (χ4v) is 4.79. The number of nitrogens with one attached hydrogen (secondary N) is 3. The van der Waals surface area contributed by atoms with E-state index in [-0.39, 0.29) is 23.0 Å². The van der Waals surface area contributed by atoms with E-state index in [0.29, 0.717) is 5.69 Å². The second kappa shape index (κ2) is 7.94. The van der Waals surface area contributed by atoms with E-state index < -0.39 is 21.5 Å². The Labute approximate surface area is 171 Å². The van der Waals surface area contributed by atoms with Gasteiger partial charge in [0.15, 0.2) is 0 Å². The molecule has 2 aromatic heterocycles. The summed E-state index contributed by atoms with van der Waals surface area (Å²) in [6.07, 6.45) is 1.74. The van der Waals surface area contributed by atoms with Gasteiger partial charge < -0.3 is 10.3 Å². The minimum atomic E-state index is -3.50. The van der Waals surface area contributed by atoms with Gasteiger partial charge in [0.25, 0.3) is 11.5 Å². The summed E-state index contributed by atoms with van der Waals surface area (Å²) < 4.78 is 27.0. The molecule has 1 fully saturated rings. The molecule has 0 bridgehead atoms. The number of amides is 1. The minimum absolute atomic E-state index is 0.0261. The highest BCUT2D eigenvalue weighted by Gasteiger charge is 2.27. The molecule has 1 saturated carbocycles. The molecule has 4 rings (SSSR count). The van der Waals surface area contributed by atoms with E-state index in [1.165, 1.54) is 29.5 Å². The number of H-pyrrole nitrogens is 1. The van der Waals surface area contributed by atoms with Crippen molar-refractivity contribution in [2.45, 2.75) is 30.3 Å². The van der Waals surface area contributed by atoms with Gasteiger partial charge in [0.1, 0.15) is 5.56 Å². The van der Waals surface area contributed by atoms with E-state index in [0.717, 1.165) is 23.3 Å². The van der Waals surface area contributed by atoms with Crippen LogP contribution in [0.4, 0.5) is 0 Å². The molecule has 150 valence electrons. The van der Waals surface area contributed by atoms with Gasteiger partial charge in [-0.15, -0.1) is 11.3 Å². The smallest absolute Gasteiger partial charge is 0.261 e. The number of benzene rings is 1. The van der Waals surface area contributed by atoms with Crippen LogP contribution in [0.25, 0.3) is 10.6 Å². The largest absolute Gasteiger partial charge is 0.348 e. The van der Waals surface area contributed by atoms with E-state index in [9.17, 15) is 18.0 Å². The van der Waals surface area contributed by atoms with Crippen LogP contribution in [-0.4, -0.2) is 25.4 Å². The molecule has 29 heavy (non-hydrogen) atoms. The summed E-state index contributed by atoms with van der Waals surface area (Å²) in [5.41, 5.74) is 0.965. The summed E-state index contributed by atoms with van der Waals surface area (Å²) in [6, 6.07) is 13.3. The van der Waals surface area contributed by atoms with Crippen LogP contribution in [0.3, 0.4) is 0 Å². The highest BCUT2D eigenvalue weighted by molar-refractivity contribution is 7.89. The number of aromatic nitrogens is 1. The zero-order chi connectivity index (χ0) is 20.4. The summed E-state index contributed by atoms with van der Waals surface area (Å²) >= 11 is 1.50. The monoisotopic (exact) mass is 429 g/mol. The summed E-state index contributed by atoms with van der Waals surface area (Å²) in [5.74, 6) is -0.490. The van der Waals surface area contributed by atoms with Crippen LogP contribution in [-0.2, 0) is 16.6 Å². The zero-order valence-corrected chi connectivity index (χ0v) is 17.0. The number of sulfonamides is 1. The topological polar surface area (TPSA) is 108 Å². The summed E-state index contributed by atoms with van der Waals surface area (Å²) in [4.78, 5) is 28.4. The van der Waals surface area contributed by atoms with Gasteiger partial charge in [-0.05, 0) is 54.1 Å². The molecular formula is C20H19N3O4S2. The molecule has 1 aromatic carbocycles. The Morgan fingerprint density at radius 2 is 1.86 bits per heavy atom. The van der Waals surface area contributed by atoms with Crippen LogP contribution in [0.2, 0.25) is 0 Å². The van der Waals surface area contributed by atoms with E-state index >= 15 is 0 Å². The quantitative estimate of drug-likeness (QED) is 0.536. The molecule has 0 spiro atoms. The van der Waals surface area contributed by atoms with E-state index in [1.807, 2.05) is 17.5 Å². The van der Waals surface area contributed by atoms with Crippen LogP contribution < -0.4 is 15.6 Å². The molecule has 0 radical (unpaired) electrons. The van der Waals surface area contributed by atoms with E-state index in [4.69, 9.17) is 0 Å². The fourth-order valence-electron chi connectivity index (χ4n) is 2.78. The van der Waals surface area contributed by atoms with Crippen LogP contribution in [0, 0.1) is 0 Å². The molecular weight excluding hydrogens is 410 g/mol. The normalized spacial score (nSPS) is 13.9. The molecule has 0 aliphatic heterocycles. The maximum Gasteiger partial charge on any atom is 0.261 e. The van der Waals surface area contributed by atoms with Crippen molar-refractivity contribution in [2.24, 2.45) is 0 Å². The predicted molar refractivity (Wildman–Crippen MR) is 111 cm³/mol. The van der Waals surface area contributed by atoms with Crippen molar-refractivity contribution in [3.63, 3.8) is 0 Å². The Balaban J connectivity index is 1.40. The van der Waals surface area contributed by atoms with Crippen molar-refractivity contribution in [3.05, 3.63) is 75.4 Å². The third-order valence-electron chi connectivity index (χ3n) is 4.53. The number of rotatable bonds is 7. The molecule has 2 heterocycles. The van der Waals surface area contributed by atoms with Gasteiger partial charge in [-0.3, -0.25) is 9.59 Å². The van der Waals surface area contributed by atoms with Gasteiger partial charge in [0, 0.05) is 12.6 Å². The van der Waals surface area contributed by atoms with Gasteiger partial charge in [0.2, 0.25) is 10.0 Å². The number of carbonyl (C=O) groups is 1. The lowest BCUT2D eigenvalue weighted by Crippen LogP contribution is -2.29. The number of thiophene rings is 1. The molecule has 1 amide bonds. The summed E-state index contributed by atoms with van der Waals surface area (Å²) in [7, 11) is -3.50. The lowest BCUT2D eigenvalue weighted by Gasteiger charge is -2.08. The van der Waals surface area contributed by atoms with Crippen molar-refractivity contribution in [2.75, 3.05) is 0 Å². The van der Waals surface area contributed by atoms with Crippen molar-refractivity contribution < 1.29 is 13.2 Å². The van der Waals surface area contributed by atoms with Crippen LogP contribution in [0.1, 0.15) is 28.8 Å². The molecule has 7 nitrogen and oxygen atoms in total. The van der Waals surface area contributed by atoms with Crippen molar-refractivity contribution in [3.8, 4) is 10.6 Å². The average molecular weight is 430 g/mol. The lowest BCUT2D eigenvalue weighted by atomic mass is 10.2. The molecule has 0 unspecified atom stereocenters. The third-order valence-corrected chi connectivity index (χ3v) is 6.97. The maximum absolute atomic E-state index is 12.4. The van der Waals surface area contributed by atoms with Crippen LogP contribution in [0.5, 0.6) is 0 Å². The average Bonchev–Trinajstić information content (AvgIpc) is 3.33. The van der Waals surface area contributed by atoms with Gasteiger partial charge >= 0.3 is 0 Å². The number of hydrogen-bond acceptors (Lipinski definition) is 5. The molecule has 0 saturated heterocycles. The number of pyridine rings is 1. The summed E-state index contributed by atoms with van der Waals surface area (Å²) in [6.45, 7) is 0.182. The Morgan fingerprint density at radius 3 is 2.48 bits per heavy atom. The minimum Gasteiger partial charge on any atom is -0.348 e. The van der Waals surface area contributed by atoms with Crippen LogP contribution in [0.15, 0.2) is 63.6 Å². The van der Waals surface area contributed by atoms with Crippen molar-refractivity contribution in [1.29, 1.82) is 0 Å². The van der Waals surface area contributed by atoms with E-state index in [2.05, 4.69) is 15.0 Å². The zero-order valence-electron chi connectivity index (χ0n) is 15.3. The molecule has 0 atom stereocenters. The van der Waals surface area contributed by atoms with Crippen molar-refractivity contribution in [1.82, 2.24) is 15.0 Å². The van der Waals surface area contributed by atoms with Crippen molar-refractivity contribution >= 4 is 27.3 Å². The first-order valence-corrected chi connectivity index (χ1v) is 11.5. The highest BCUT2D eigenvalue weighted by Crippen LogP contribution is 2.23. The molecule has 9 heteroatoms. The van der Waals surface area contributed by atoms with Gasteiger partial charge in [-0.1, -0.05) is 18.2 Å². The van der Waals surface area contributed by atoms with Crippen LogP contribution >= 0.6 is 11.3 Å². The third kappa shape index (κ3) is 4.64. The molecule has 3 aromatic rings. The Kier molecular flexibility index (Phi) is 5.35. The molecule has 1 aliphatic carbocycles. The maximum atomic E-state index is 12.4. The number of hydrogen-bond donors (Lipinski definition) is 3. The fraction of sp³-hybridized carbons (Fsp3) is 0.200. The Bertz CT molecular complexity index is 1180. The SMILES string of the molecule is O=C(NCc1ccc(S(=O)(=O)NC2CC2)cc1)c1ccc(-c2cccs2)[nH]c1=O. The number of aromatic amines is 1. The number of carbonyl (C=O) groups excluding carboxylic acids is 1. The first-order chi connectivity index (χ1) is 13.9. The van der Waals surface area contributed by atoms with E-state index in [1.54, 1.807) is 18.2 Å². The first-order valence-electron chi connectivity index (χ1n) is 9.09. The first kappa shape index (κ1) is 19.6. The second-order valence-electron chi connectivity index (χ2n) is 6.81. The molecule has 3 N–H and O–H groups in total. The predicted octanol–water partition coefficient (Wildman–Crippen LogP) is 2.47. The Hall–Kier alpha value is -2.75. The van der Waals surface area contributed by atoms with Gasteiger partial charge in [0.05, 0.1) is 15.5 Å². The Morgan fingerprint density at radius 1 is 1.10 bits per heavy atom. The summed E-state index contributed by atoms with van der Waals surface area (Å²) in [5, 5.41) is 4.60. The highest BCUT2D eigenvalue weighted by atomic mass is 32.2. The second-order valence-corrected chi connectivity index (χ2v) is 9.48. The standard InChI is InChI=1S/C20H19N3O4S2/c24-19(16-9-10-17(22-20(16)25)18-2-1-11-28-18)21-12-13-3-7-15(8-4-13)29(26,27)23-14-5-6-14/h1-4,7-11,14,23H,5-6,12H2,(H,21,24)(H,22,25). The molecule has 1 aliphatic rings.